The van der Waals surface area contributed by atoms with E-state index in [1.165, 1.54) is 0 Å². The van der Waals surface area contributed by atoms with Crippen LogP contribution in [0.25, 0.3) is 0 Å². The monoisotopic (exact) mass is 263 g/mol. The molecule has 3 N–H and O–H groups in total. The summed E-state index contributed by atoms with van der Waals surface area (Å²) >= 11 is 0. The predicted octanol–water partition coefficient (Wildman–Crippen LogP) is 0.207. The Kier molecular flexibility index (Phi) is 4.07. The number of hydrogen-bond donors (Lipinski definition) is 3. The van der Waals surface area contributed by atoms with Gasteiger partial charge in [-0.1, -0.05) is 0 Å². The SMILES string of the molecule is CN(C)c1ccc(C(=O)NCC2(O)CCNC2)cc1. The van der Waals surface area contributed by atoms with Crippen molar-refractivity contribution < 1.29 is 9.90 Å². The molecule has 0 saturated carbocycles. The van der Waals surface area contributed by atoms with E-state index in [0.717, 1.165) is 12.2 Å². The number of carbonyl (C=O) groups is 1. The van der Waals surface area contributed by atoms with E-state index in [2.05, 4.69) is 10.6 Å². The largest absolute Gasteiger partial charge is 0.387 e. The molecule has 1 amide bonds. The molecule has 0 bridgehead atoms. The molecule has 19 heavy (non-hydrogen) atoms. The summed E-state index contributed by atoms with van der Waals surface area (Å²) in [4.78, 5) is 13.9. The number of benzene rings is 1. The first-order valence-electron chi connectivity index (χ1n) is 6.49. The maximum Gasteiger partial charge on any atom is 0.251 e. The van der Waals surface area contributed by atoms with Crippen molar-refractivity contribution >= 4 is 11.6 Å². The summed E-state index contributed by atoms with van der Waals surface area (Å²) in [6.07, 6.45) is 0.673. The molecular formula is C14H21N3O2. The van der Waals surface area contributed by atoms with Crippen LogP contribution in [0.4, 0.5) is 5.69 Å². The van der Waals surface area contributed by atoms with Gasteiger partial charge >= 0.3 is 0 Å². The minimum Gasteiger partial charge on any atom is -0.387 e. The summed E-state index contributed by atoms with van der Waals surface area (Å²) in [5.41, 5.74) is 0.856. The van der Waals surface area contributed by atoms with E-state index < -0.39 is 5.60 Å². The van der Waals surface area contributed by atoms with Crippen molar-refractivity contribution in [1.29, 1.82) is 0 Å². The summed E-state index contributed by atoms with van der Waals surface area (Å²) in [5, 5.41) is 16.0. The van der Waals surface area contributed by atoms with Crippen molar-refractivity contribution in [3.05, 3.63) is 29.8 Å². The molecule has 5 heteroatoms. The topological polar surface area (TPSA) is 64.6 Å². The Labute approximate surface area is 113 Å². The Balaban J connectivity index is 1.92. The lowest BCUT2D eigenvalue weighted by Crippen LogP contribution is -2.44. The van der Waals surface area contributed by atoms with E-state index in [4.69, 9.17) is 0 Å². The first-order chi connectivity index (χ1) is 9.00. The zero-order valence-electron chi connectivity index (χ0n) is 11.4. The number of carbonyl (C=O) groups excluding carboxylic acids is 1. The Hall–Kier alpha value is -1.59. The Morgan fingerprint density at radius 3 is 2.63 bits per heavy atom. The van der Waals surface area contributed by atoms with Crippen LogP contribution in [-0.4, -0.2) is 50.3 Å². The molecule has 1 aromatic carbocycles. The van der Waals surface area contributed by atoms with Crippen molar-refractivity contribution in [2.45, 2.75) is 12.0 Å². The molecule has 1 aliphatic heterocycles. The number of nitrogens with one attached hydrogen (secondary N) is 2. The summed E-state index contributed by atoms with van der Waals surface area (Å²) < 4.78 is 0. The maximum absolute atomic E-state index is 12.0. The Bertz CT molecular complexity index is 437. The fourth-order valence-electron chi connectivity index (χ4n) is 2.14. The second-order valence-corrected chi connectivity index (χ2v) is 5.28. The standard InChI is InChI=1S/C14H21N3O2/c1-17(2)12-5-3-11(4-6-12)13(18)16-10-14(19)7-8-15-9-14/h3-6,15,19H,7-10H2,1-2H3,(H,16,18). The van der Waals surface area contributed by atoms with Crippen molar-refractivity contribution in [2.75, 3.05) is 38.6 Å². The molecule has 1 atom stereocenters. The van der Waals surface area contributed by atoms with Gasteiger partial charge in [-0.3, -0.25) is 4.79 Å². The highest BCUT2D eigenvalue weighted by atomic mass is 16.3. The highest BCUT2D eigenvalue weighted by Crippen LogP contribution is 2.14. The second kappa shape index (κ2) is 5.59. The molecule has 104 valence electrons. The van der Waals surface area contributed by atoms with E-state index in [1.54, 1.807) is 12.1 Å². The summed E-state index contributed by atoms with van der Waals surface area (Å²) in [5.74, 6) is -0.148. The molecular weight excluding hydrogens is 242 g/mol. The lowest BCUT2D eigenvalue weighted by Gasteiger charge is -2.21. The van der Waals surface area contributed by atoms with Gasteiger partial charge in [0.2, 0.25) is 0 Å². The van der Waals surface area contributed by atoms with Crippen molar-refractivity contribution in [2.24, 2.45) is 0 Å². The normalized spacial score (nSPS) is 22.3. The summed E-state index contributed by atoms with van der Waals surface area (Å²) in [6, 6.07) is 7.39. The third-order valence-corrected chi connectivity index (χ3v) is 3.45. The molecule has 1 aromatic rings. The van der Waals surface area contributed by atoms with Crippen LogP contribution >= 0.6 is 0 Å². The smallest absolute Gasteiger partial charge is 0.251 e. The van der Waals surface area contributed by atoms with Gasteiger partial charge < -0.3 is 20.6 Å². The van der Waals surface area contributed by atoms with Gasteiger partial charge in [0, 0.05) is 38.4 Å². The molecule has 1 aliphatic rings. The number of aliphatic hydroxyl groups is 1. The minimum atomic E-state index is -0.806. The van der Waals surface area contributed by atoms with Gasteiger partial charge in [0.1, 0.15) is 0 Å². The van der Waals surface area contributed by atoms with Gasteiger partial charge in [0.15, 0.2) is 0 Å². The summed E-state index contributed by atoms with van der Waals surface area (Å²) in [7, 11) is 3.91. The molecule has 1 saturated heterocycles. The number of hydrogen-bond acceptors (Lipinski definition) is 4. The zero-order valence-corrected chi connectivity index (χ0v) is 11.4. The highest BCUT2D eigenvalue weighted by Gasteiger charge is 2.31. The van der Waals surface area contributed by atoms with Crippen LogP contribution in [0, 0.1) is 0 Å². The minimum absolute atomic E-state index is 0.148. The summed E-state index contributed by atoms with van der Waals surface area (Å²) in [6.45, 7) is 1.62. The molecule has 1 fully saturated rings. The van der Waals surface area contributed by atoms with Gasteiger partial charge in [-0.15, -0.1) is 0 Å². The zero-order chi connectivity index (χ0) is 13.9. The average Bonchev–Trinajstić information content (AvgIpc) is 2.83. The van der Waals surface area contributed by atoms with E-state index in [1.807, 2.05) is 31.1 Å². The van der Waals surface area contributed by atoms with E-state index in [0.29, 0.717) is 18.5 Å². The fourth-order valence-corrected chi connectivity index (χ4v) is 2.14. The molecule has 1 heterocycles. The molecule has 0 aromatic heterocycles. The molecule has 0 aliphatic carbocycles. The van der Waals surface area contributed by atoms with E-state index >= 15 is 0 Å². The number of nitrogens with zero attached hydrogens (tertiary/aromatic N) is 1. The van der Waals surface area contributed by atoms with Crippen LogP contribution in [-0.2, 0) is 0 Å². The second-order valence-electron chi connectivity index (χ2n) is 5.28. The van der Waals surface area contributed by atoms with E-state index in [9.17, 15) is 9.90 Å². The van der Waals surface area contributed by atoms with Crippen LogP contribution in [0.1, 0.15) is 16.8 Å². The van der Waals surface area contributed by atoms with Crippen molar-refractivity contribution in [3.63, 3.8) is 0 Å². The van der Waals surface area contributed by atoms with Gasteiger partial charge in [-0.05, 0) is 37.2 Å². The molecule has 2 rings (SSSR count). The van der Waals surface area contributed by atoms with Gasteiger partial charge in [-0.25, -0.2) is 0 Å². The number of rotatable bonds is 4. The van der Waals surface area contributed by atoms with Crippen LogP contribution in [0.2, 0.25) is 0 Å². The van der Waals surface area contributed by atoms with Gasteiger partial charge in [-0.2, -0.15) is 0 Å². The van der Waals surface area contributed by atoms with Crippen molar-refractivity contribution in [1.82, 2.24) is 10.6 Å². The first-order valence-corrected chi connectivity index (χ1v) is 6.49. The first kappa shape index (κ1) is 13.8. The fraction of sp³-hybridized carbons (Fsp3) is 0.500. The van der Waals surface area contributed by atoms with Gasteiger partial charge in [0.05, 0.1) is 5.60 Å². The quantitative estimate of drug-likeness (QED) is 0.726. The highest BCUT2D eigenvalue weighted by molar-refractivity contribution is 5.94. The third-order valence-electron chi connectivity index (χ3n) is 3.45. The van der Waals surface area contributed by atoms with Crippen molar-refractivity contribution in [3.8, 4) is 0 Å². The predicted molar refractivity (Wildman–Crippen MR) is 75.5 cm³/mol. The van der Waals surface area contributed by atoms with Crippen LogP contribution in [0.3, 0.4) is 0 Å². The third kappa shape index (κ3) is 3.45. The van der Waals surface area contributed by atoms with Crippen LogP contribution < -0.4 is 15.5 Å². The van der Waals surface area contributed by atoms with Crippen LogP contribution in [0.5, 0.6) is 0 Å². The lowest BCUT2D eigenvalue weighted by molar-refractivity contribution is 0.0562. The molecule has 5 nitrogen and oxygen atoms in total. The van der Waals surface area contributed by atoms with E-state index in [-0.39, 0.29) is 12.5 Å². The average molecular weight is 263 g/mol. The molecule has 0 radical (unpaired) electrons. The Morgan fingerprint density at radius 2 is 2.11 bits per heavy atom. The maximum atomic E-state index is 12.0. The van der Waals surface area contributed by atoms with Gasteiger partial charge in [0.25, 0.3) is 5.91 Å². The lowest BCUT2D eigenvalue weighted by atomic mass is 10.0. The number of amides is 1. The number of β-amino-alcohol motifs (C(OH)–C–C–N with tert-alkyl or cyclic N) is 1. The number of anilines is 1. The Morgan fingerprint density at radius 1 is 1.42 bits per heavy atom. The molecule has 0 spiro atoms. The van der Waals surface area contributed by atoms with Crippen LogP contribution in [0.15, 0.2) is 24.3 Å². The molecule has 1 unspecified atom stereocenters.